The molecule has 2 aromatic carbocycles. The zero-order valence-electron chi connectivity index (χ0n) is 20.2. The molecule has 0 aliphatic rings. The number of thiazole rings is 1. The highest BCUT2D eigenvalue weighted by Gasteiger charge is 2.20. The first-order chi connectivity index (χ1) is 16.3. The summed E-state index contributed by atoms with van der Waals surface area (Å²) >= 11 is 1.47. The summed E-state index contributed by atoms with van der Waals surface area (Å²) < 4.78 is 11.5. The Hall–Kier alpha value is -3.25. The normalized spacial score (nSPS) is 12.3. The van der Waals surface area contributed by atoms with E-state index in [-0.39, 0.29) is 17.3 Å². The fourth-order valence-corrected chi connectivity index (χ4v) is 4.73. The fourth-order valence-electron chi connectivity index (χ4n) is 3.96. The summed E-state index contributed by atoms with van der Waals surface area (Å²) in [6.07, 6.45) is 4.48. The molecule has 0 saturated carbocycles. The Bertz CT molecular complexity index is 1380. The van der Waals surface area contributed by atoms with Crippen molar-refractivity contribution in [3.05, 3.63) is 80.6 Å². The van der Waals surface area contributed by atoms with E-state index in [9.17, 15) is 9.59 Å². The maximum atomic E-state index is 13.1. The van der Waals surface area contributed by atoms with E-state index in [1.54, 1.807) is 6.20 Å². The number of esters is 1. The summed E-state index contributed by atoms with van der Waals surface area (Å²) in [7, 11) is 0. The van der Waals surface area contributed by atoms with Gasteiger partial charge in [-0.25, -0.2) is 4.98 Å². The first-order valence-electron chi connectivity index (χ1n) is 11.6. The summed E-state index contributed by atoms with van der Waals surface area (Å²) in [5.74, 6) is 0.337. The molecule has 2 heterocycles. The molecule has 0 bridgehead atoms. The standard InChI is InChI=1S/C28H29NO4S/c1-6-19-12-23-25(32-15-24(26(23)30)27-29-14-18(5)34-27)13-21(19)11-17(4)28(31)33-22-9-7-20(8-10-22)16(2)3/h7-10,12-17H,6,11H2,1-5H3. The van der Waals surface area contributed by atoms with Gasteiger partial charge in [-0.15, -0.1) is 11.3 Å². The van der Waals surface area contributed by atoms with E-state index in [2.05, 4.69) is 18.8 Å². The van der Waals surface area contributed by atoms with E-state index >= 15 is 0 Å². The van der Waals surface area contributed by atoms with Crippen LogP contribution in [-0.2, 0) is 17.6 Å². The van der Waals surface area contributed by atoms with Crippen LogP contribution in [0.4, 0.5) is 0 Å². The zero-order chi connectivity index (χ0) is 24.4. The summed E-state index contributed by atoms with van der Waals surface area (Å²) in [5.41, 5.74) is 4.10. The number of rotatable bonds is 7. The van der Waals surface area contributed by atoms with E-state index in [1.807, 2.05) is 57.2 Å². The lowest BCUT2D eigenvalue weighted by Gasteiger charge is -2.15. The predicted octanol–water partition coefficient (Wildman–Crippen LogP) is 6.69. The van der Waals surface area contributed by atoms with E-state index in [4.69, 9.17) is 9.15 Å². The second-order valence-corrected chi connectivity index (χ2v) is 10.2. The number of hydrogen-bond acceptors (Lipinski definition) is 6. The second-order valence-electron chi connectivity index (χ2n) is 8.98. The summed E-state index contributed by atoms with van der Waals surface area (Å²) in [5, 5.41) is 1.19. The lowest BCUT2D eigenvalue weighted by Crippen LogP contribution is -2.20. The van der Waals surface area contributed by atoms with Crippen molar-refractivity contribution in [3.8, 4) is 16.3 Å². The second kappa shape index (κ2) is 9.94. The molecule has 0 spiro atoms. The van der Waals surface area contributed by atoms with E-state index < -0.39 is 0 Å². The van der Waals surface area contributed by atoms with Gasteiger partial charge in [0.05, 0.1) is 16.9 Å². The van der Waals surface area contributed by atoms with Gasteiger partial charge in [0, 0.05) is 11.1 Å². The van der Waals surface area contributed by atoms with E-state index in [0.29, 0.717) is 39.6 Å². The van der Waals surface area contributed by atoms with Gasteiger partial charge >= 0.3 is 5.97 Å². The highest BCUT2D eigenvalue weighted by Crippen LogP contribution is 2.27. The predicted molar refractivity (Wildman–Crippen MR) is 137 cm³/mol. The van der Waals surface area contributed by atoms with Crippen LogP contribution in [0.1, 0.15) is 55.2 Å². The smallest absolute Gasteiger partial charge is 0.314 e. The quantitative estimate of drug-likeness (QED) is 0.220. The molecule has 0 aliphatic carbocycles. The lowest BCUT2D eigenvalue weighted by atomic mass is 9.94. The van der Waals surface area contributed by atoms with Crippen molar-refractivity contribution in [2.24, 2.45) is 5.92 Å². The maximum absolute atomic E-state index is 13.1. The summed E-state index contributed by atoms with van der Waals surface area (Å²) in [6, 6.07) is 11.4. The van der Waals surface area contributed by atoms with Crippen LogP contribution in [0, 0.1) is 12.8 Å². The fraction of sp³-hybridized carbons (Fsp3) is 0.321. The molecular formula is C28H29NO4S. The Morgan fingerprint density at radius 2 is 1.85 bits per heavy atom. The van der Waals surface area contributed by atoms with Crippen LogP contribution in [0.5, 0.6) is 5.75 Å². The number of aromatic nitrogens is 1. The van der Waals surface area contributed by atoms with Gasteiger partial charge in [-0.1, -0.05) is 39.8 Å². The number of nitrogens with zero attached hydrogens (tertiary/aromatic N) is 1. The third kappa shape index (κ3) is 4.97. The van der Waals surface area contributed by atoms with Crippen molar-refractivity contribution in [1.82, 2.24) is 4.98 Å². The molecule has 1 atom stereocenters. The van der Waals surface area contributed by atoms with Crippen LogP contribution in [0.15, 0.2) is 58.1 Å². The zero-order valence-corrected chi connectivity index (χ0v) is 21.0. The van der Waals surface area contributed by atoms with Crippen LogP contribution < -0.4 is 10.2 Å². The van der Waals surface area contributed by atoms with Gasteiger partial charge in [-0.05, 0) is 66.6 Å². The molecule has 4 rings (SSSR count). The van der Waals surface area contributed by atoms with Crippen LogP contribution in [0.3, 0.4) is 0 Å². The lowest BCUT2D eigenvalue weighted by molar-refractivity contribution is -0.138. The third-order valence-corrected chi connectivity index (χ3v) is 6.97. The Labute approximate surface area is 203 Å². The molecule has 0 amide bonds. The molecule has 176 valence electrons. The number of fused-ring (bicyclic) bond motifs is 1. The first-order valence-corrected chi connectivity index (χ1v) is 12.4. The SMILES string of the molecule is CCc1cc2c(=O)c(-c3ncc(C)s3)coc2cc1CC(C)C(=O)Oc1ccc(C(C)C)cc1. The maximum Gasteiger partial charge on any atom is 0.314 e. The number of benzene rings is 2. The van der Waals surface area contributed by atoms with Crippen molar-refractivity contribution in [2.75, 3.05) is 0 Å². The summed E-state index contributed by atoms with van der Waals surface area (Å²) in [6.45, 7) is 10.1. The Morgan fingerprint density at radius 1 is 1.12 bits per heavy atom. The van der Waals surface area contributed by atoms with E-state index in [1.165, 1.54) is 23.2 Å². The molecule has 5 nitrogen and oxygen atoms in total. The van der Waals surface area contributed by atoms with Crippen molar-refractivity contribution in [1.29, 1.82) is 0 Å². The number of carbonyl (C=O) groups is 1. The monoisotopic (exact) mass is 475 g/mol. The highest BCUT2D eigenvalue weighted by molar-refractivity contribution is 7.14. The minimum atomic E-state index is -0.350. The van der Waals surface area contributed by atoms with Crippen LogP contribution in [-0.4, -0.2) is 11.0 Å². The van der Waals surface area contributed by atoms with Crippen LogP contribution in [0.2, 0.25) is 0 Å². The molecule has 34 heavy (non-hydrogen) atoms. The third-order valence-electron chi connectivity index (χ3n) is 6.02. The Balaban J connectivity index is 1.57. The minimum absolute atomic E-state index is 0.0887. The van der Waals surface area contributed by atoms with Gasteiger partial charge in [0.15, 0.2) is 0 Å². The highest BCUT2D eigenvalue weighted by atomic mass is 32.1. The minimum Gasteiger partial charge on any atom is -0.463 e. The van der Waals surface area contributed by atoms with Gasteiger partial charge in [0.2, 0.25) is 5.43 Å². The molecular weight excluding hydrogens is 446 g/mol. The molecule has 6 heteroatoms. The molecule has 0 fully saturated rings. The first kappa shape index (κ1) is 23.9. The van der Waals surface area contributed by atoms with Gasteiger partial charge in [0.25, 0.3) is 0 Å². The van der Waals surface area contributed by atoms with Crippen molar-refractivity contribution in [2.45, 2.75) is 53.4 Å². The molecule has 0 N–H and O–H groups in total. The number of aryl methyl sites for hydroxylation is 2. The molecule has 0 radical (unpaired) electrons. The van der Waals surface area contributed by atoms with Gasteiger partial charge in [-0.2, -0.15) is 0 Å². The molecule has 4 aromatic rings. The largest absolute Gasteiger partial charge is 0.463 e. The average molecular weight is 476 g/mol. The average Bonchev–Trinajstić information content (AvgIpc) is 3.25. The van der Waals surface area contributed by atoms with Crippen molar-refractivity contribution < 1.29 is 13.9 Å². The van der Waals surface area contributed by atoms with Crippen molar-refractivity contribution in [3.63, 3.8) is 0 Å². The van der Waals surface area contributed by atoms with Crippen molar-refractivity contribution >= 4 is 28.3 Å². The number of hydrogen-bond donors (Lipinski definition) is 0. The van der Waals surface area contributed by atoms with Gasteiger partial charge < -0.3 is 9.15 Å². The molecule has 0 saturated heterocycles. The molecule has 0 aliphatic heterocycles. The summed E-state index contributed by atoms with van der Waals surface area (Å²) in [4.78, 5) is 31.3. The molecule has 2 aromatic heterocycles. The number of ether oxygens (including phenoxy) is 1. The topological polar surface area (TPSA) is 69.4 Å². The van der Waals surface area contributed by atoms with Crippen LogP contribution in [0.25, 0.3) is 21.5 Å². The Kier molecular flexibility index (Phi) is 6.98. The van der Waals surface area contributed by atoms with Crippen LogP contribution >= 0.6 is 11.3 Å². The van der Waals surface area contributed by atoms with Gasteiger partial charge in [0.1, 0.15) is 22.6 Å². The number of carbonyl (C=O) groups excluding carboxylic acids is 1. The Morgan fingerprint density at radius 3 is 2.47 bits per heavy atom. The molecule has 1 unspecified atom stereocenters. The van der Waals surface area contributed by atoms with E-state index in [0.717, 1.165) is 22.4 Å². The van der Waals surface area contributed by atoms with Gasteiger partial charge in [-0.3, -0.25) is 9.59 Å².